The lowest BCUT2D eigenvalue weighted by Crippen LogP contribution is -2.40. The van der Waals surface area contributed by atoms with Gasteiger partial charge in [-0.25, -0.2) is 0 Å². The Kier molecular flexibility index (Phi) is 17.3. The van der Waals surface area contributed by atoms with Crippen molar-refractivity contribution in [1.29, 1.82) is 0 Å². The Labute approximate surface area is 193 Å². The van der Waals surface area contributed by atoms with E-state index in [1.807, 2.05) is 0 Å². The second-order valence-electron chi connectivity index (χ2n) is 8.71. The molecule has 0 spiro atoms. The van der Waals surface area contributed by atoms with Gasteiger partial charge in [0.15, 0.2) is 0 Å². The summed E-state index contributed by atoms with van der Waals surface area (Å²) in [5.74, 6) is -0.922. The number of carboxylic acids is 1. The van der Waals surface area contributed by atoms with Gasteiger partial charge in [0.25, 0.3) is 0 Å². The quantitative estimate of drug-likeness (QED) is 0.213. The van der Waals surface area contributed by atoms with Crippen molar-refractivity contribution >= 4 is 17.8 Å². The van der Waals surface area contributed by atoms with Gasteiger partial charge in [0.2, 0.25) is 11.8 Å². The fourth-order valence-corrected chi connectivity index (χ4v) is 2.95. The summed E-state index contributed by atoms with van der Waals surface area (Å²) in [5, 5.41) is 22.9. The first-order chi connectivity index (χ1) is 15.2. The van der Waals surface area contributed by atoms with Gasteiger partial charge in [-0.3, -0.25) is 14.4 Å². The van der Waals surface area contributed by atoms with Crippen LogP contribution < -0.4 is 16.4 Å². The third kappa shape index (κ3) is 17.6. The number of nitrogens with one attached hydrogen (secondary N) is 2. The van der Waals surface area contributed by atoms with Crippen molar-refractivity contribution in [3.63, 3.8) is 0 Å². The molecule has 8 heteroatoms. The van der Waals surface area contributed by atoms with Crippen molar-refractivity contribution < 1.29 is 24.6 Å². The number of unbranched alkanes of at least 4 members (excludes halogenated alkanes) is 6. The molecule has 6 N–H and O–H groups in total. The van der Waals surface area contributed by atoms with Crippen molar-refractivity contribution in [2.75, 3.05) is 6.61 Å². The second-order valence-corrected chi connectivity index (χ2v) is 8.71. The highest BCUT2D eigenvalue weighted by Gasteiger charge is 2.19. The van der Waals surface area contributed by atoms with Gasteiger partial charge in [-0.05, 0) is 44.7 Å². The molecule has 0 aromatic rings. The monoisotopic (exact) mass is 455 g/mol. The van der Waals surface area contributed by atoms with Crippen molar-refractivity contribution in [3.05, 3.63) is 11.8 Å². The molecule has 32 heavy (non-hydrogen) atoms. The van der Waals surface area contributed by atoms with Crippen LogP contribution in [0, 0.1) is 5.92 Å². The molecule has 0 aromatic heterocycles. The lowest BCUT2D eigenvalue weighted by molar-refractivity contribution is -0.139. The van der Waals surface area contributed by atoms with Crippen LogP contribution in [0.15, 0.2) is 11.8 Å². The normalized spacial score (nSPS) is 14.9. The summed E-state index contributed by atoms with van der Waals surface area (Å²) in [4.78, 5) is 32.8. The molecule has 0 aliphatic heterocycles. The smallest absolute Gasteiger partial charge is 0.305 e. The summed E-state index contributed by atoms with van der Waals surface area (Å²) < 4.78 is 0. The number of rotatable bonds is 17. The minimum atomic E-state index is -1.04. The van der Waals surface area contributed by atoms with E-state index in [1.54, 1.807) is 6.20 Å². The maximum Gasteiger partial charge on any atom is 0.305 e. The number of primary amides is 1. The fraction of sp³-hybridized carbons (Fsp3) is 0.792. The molecule has 1 aliphatic rings. The molecular formula is C24H45N3O5. The topological polar surface area (TPSA) is 142 Å². The second kappa shape index (κ2) is 18.5. The fourth-order valence-electron chi connectivity index (χ4n) is 2.95. The number of hydrogen-bond acceptors (Lipinski definition) is 5. The largest absolute Gasteiger partial charge is 0.481 e. The SMILES string of the molecule is CCC(C)C(C)NC(=O)CCCCCCCCCO.NC(=O)C(CC(=O)O)NC=C1CC1. The summed E-state index contributed by atoms with van der Waals surface area (Å²) in [6.45, 7) is 6.74. The van der Waals surface area contributed by atoms with Gasteiger partial charge < -0.3 is 26.6 Å². The van der Waals surface area contributed by atoms with Crippen LogP contribution in [0.25, 0.3) is 0 Å². The Morgan fingerprint density at radius 1 is 1.03 bits per heavy atom. The van der Waals surface area contributed by atoms with Crippen LogP contribution >= 0.6 is 0 Å². The summed E-state index contributed by atoms with van der Waals surface area (Å²) in [5.41, 5.74) is 6.19. The molecule has 0 radical (unpaired) electrons. The first kappa shape index (κ1) is 29.9. The zero-order valence-electron chi connectivity index (χ0n) is 20.2. The van der Waals surface area contributed by atoms with Crippen LogP contribution in [0.4, 0.5) is 0 Å². The van der Waals surface area contributed by atoms with Crippen LogP contribution in [0.5, 0.6) is 0 Å². The highest BCUT2D eigenvalue weighted by Crippen LogP contribution is 2.26. The van der Waals surface area contributed by atoms with E-state index in [4.69, 9.17) is 15.9 Å². The third-order valence-electron chi connectivity index (χ3n) is 5.70. The van der Waals surface area contributed by atoms with E-state index in [0.29, 0.717) is 18.9 Å². The number of aliphatic hydroxyl groups is 1. The predicted octanol–water partition coefficient (Wildman–Crippen LogP) is 3.23. The number of allylic oxidation sites excluding steroid dienone is 1. The van der Waals surface area contributed by atoms with Gasteiger partial charge >= 0.3 is 5.97 Å². The molecule has 1 saturated carbocycles. The Morgan fingerprint density at radius 2 is 1.59 bits per heavy atom. The Balaban J connectivity index is 0.000000641. The summed E-state index contributed by atoms with van der Waals surface area (Å²) in [6.07, 6.45) is 13.0. The summed E-state index contributed by atoms with van der Waals surface area (Å²) >= 11 is 0. The molecule has 1 rings (SSSR count). The average Bonchev–Trinajstić information content (AvgIpc) is 3.56. The van der Waals surface area contributed by atoms with Crippen LogP contribution in [-0.2, 0) is 14.4 Å². The van der Waals surface area contributed by atoms with E-state index in [1.165, 1.54) is 24.8 Å². The van der Waals surface area contributed by atoms with Gasteiger partial charge in [-0.15, -0.1) is 0 Å². The van der Waals surface area contributed by atoms with Crippen molar-refractivity contribution in [2.45, 2.75) is 110 Å². The molecule has 1 fully saturated rings. The zero-order chi connectivity index (χ0) is 24.4. The minimum absolute atomic E-state index is 0.202. The van der Waals surface area contributed by atoms with Crippen LogP contribution in [0.1, 0.15) is 97.8 Å². The van der Waals surface area contributed by atoms with Gasteiger partial charge in [0, 0.05) is 19.1 Å². The summed E-state index contributed by atoms with van der Waals surface area (Å²) in [6, 6.07) is -0.512. The molecule has 0 aromatic carbocycles. The standard InChI is InChI=1S/C16H33NO2.C8H12N2O3/c1-4-14(2)15(3)17-16(19)12-10-8-6-5-7-9-11-13-18;9-8(13)6(3-7(11)12)10-4-5-1-2-5/h14-15,18H,4-13H2,1-3H3,(H,17,19);4,6,10H,1-3H2,(H2,9,13)(H,11,12). The maximum absolute atomic E-state index is 11.7. The van der Waals surface area contributed by atoms with Gasteiger partial charge in [-0.2, -0.15) is 0 Å². The molecule has 0 bridgehead atoms. The van der Waals surface area contributed by atoms with E-state index in [0.717, 1.165) is 44.9 Å². The van der Waals surface area contributed by atoms with E-state index in [9.17, 15) is 14.4 Å². The average molecular weight is 456 g/mol. The van der Waals surface area contributed by atoms with Gasteiger partial charge in [0.05, 0.1) is 6.42 Å². The number of carboxylic acid groups (broad SMARTS) is 1. The van der Waals surface area contributed by atoms with E-state index >= 15 is 0 Å². The number of aliphatic carboxylic acids is 1. The van der Waals surface area contributed by atoms with Gasteiger partial charge in [0.1, 0.15) is 6.04 Å². The first-order valence-corrected chi connectivity index (χ1v) is 12.1. The molecule has 0 saturated heterocycles. The number of carbonyl (C=O) groups is 3. The van der Waals surface area contributed by atoms with E-state index < -0.39 is 17.9 Å². The number of hydrogen-bond donors (Lipinski definition) is 5. The molecule has 186 valence electrons. The summed E-state index contributed by atoms with van der Waals surface area (Å²) in [7, 11) is 0. The first-order valence-electron chi connectivity index (χ1n) is 12.1. The van der Waals surface area contributed by atoms with E-state index in [-0.39, 0.29) is 18.4 Å². The van der Waals surface area contributed by atoms with Crippen molar-refractivity contribution in [2.24, 2.45) is 11.7 Å². The minimum Gasteiger partial charge on any atom is -0.481 e. The molecule has 1 aliphatic carbocycles. The number of nitrogens with two attached hydrogens (primary N) is 1. The molecule has 3 unspecified atom stereocenters. The van der Waals surface area contributed by atoms with Crippen molar-refractivity contribution in [1.82, 2.24) is 10.6 Å². The zero-order valence-corrected chi connectivity index (χ0v) is 20.2. The molecule has 0 heterocycles. The van der Waals surface area contributed by atoms with Crippen LogP contribution in [-0.4, -0.2) is 46.7 Å². The lowest BCUT2D eigenvalue weighted by Gasteiger charge is -2.19. The molecular weight excluding hydrogens is 410 g/mol. The molecule has 2 amide bonds. The van der Waals surface area contributed by atoms with Crippen LogP contribution in [0.3, 0.4) is 0 Å². The maximum atomic E-state index is 11.7. The van der Waals surface area contributed by atoms with Gasteiger partial charge in [-0.1, -0.05) is 57.9 Å². The molecule has 3 atom stereocenters. The predicted molar refractivity (Wildman–Crippen MR) is 127 cm³/mol. The highest BCUT2D eigenvalue weighted by atomic mass is 16.4. The number of aliphatic hydroxyl groups excluding tert-OH is 1. The number of amides is 2. The lowest BCUT2D eigenvalue weighted by atomic mass is 10.0. The third-order valence-corrected chi connectivity index (χ3v) is 5.70. The number of carbonyl (C=O) groups excluding carboxylic acids is 2. The Bertz CT molecular complexity index is 574. The Hall–Kier alpha value is -2.09. The Morgan fingerprint density at radius 3 is 2.06 bits per heavy atom. The van der Waals surface area contributed by atoms with Crippen molar-refractivity contribution in [3.8, 4) is 0 Å². The van der Waals surface area contributed by atoms with E-state index in [2.05, 4.69) is 31.4 Å². The van der Waals surface area contributed by atoms with Crippen LogP contribution in [0.2, 0.25) is 0 Å². The highest BCUT2D eigenvalue weighted by molar-refractivity contribution is 5.84. The molecule has 8 nitrogen and oxygen atoms in total.